The molecule has 0 N–H and O–H groups in total. The summed E-state index contributed by atoms with van der Waals surface area (Å²) in [5.74, 6) is 0.938. The molecule has 16 heavy (non-hydrogen) atoms. The Labute approximate surface area is 103 Å². The van der Waals surface area contributed by atoms with Crippen molar-refractivity contribution < 1.29 is 4.74 Å². The van der Waals surface area contributed by atoms with Gasteiger partial charge in [-0.3, -0.25) is 0 Å². The molecule has 0 aliphatic carbocycles. The number of nitrogens with zero attached hydrogens (tertiary/aromatic N) is 3. The van der Waals surface area contributed by atoms with Gasteiger partial charge >= 0.3 is 0 Å². The molecule has 2 rings (SSSR count). The average molecular weight is 258 g/mol. The van der Waals surface area contributed by atoms with Crippen LogP contribution in [0.2, 0.25) is 5.02 Å². The van der Waals surface area contributed by atoms with Gasteiger partial charge in [0.2, 0.25) is 0 Å². The zero-order valence-electron chi connectivity index (χ0n) is 8.52. The van der Waals surface area contributed by atoms with Crippen molar-refractivity contribution in [1.29, 1.82) is 0 Å². The third kappa shape index (κ3) is 1.99. The van der Waals surface area contributed by atoms with E-state index in [-0.39, 0.29) is 0 Å². The number of hydrogen-bond donors (Lipinski definition) is 0. The summed E-state index contributed by atoms with van der Waals surface area (Å²) >= 11 is 11.7. The van der Waals surface area contributed by atoms with Crippen LogP contribution in [0.4, 0.5) is 0 Å². The van der Waals surface area contributed by atoms with Crippen molar-refractivity contribution in [3.63, 3.8) is 0 Å². The van der Waals surface area contributed by atoms with Gasteiger partial charge in [0.05, 0.1) is 35.6 Å². The van der Waals surface area contributed by atoms with E-state index in [1.54, 1.807) is 30.1 Å². The maximum absolute atomic E-state index is 5.94. The molecule has 0 amide bonds. The second-order valence-electron chi connectivity index (χ2n) is 3.09. The molecular weight excluding hydrogens is 249 g/mol. The van der Waals surface area contributed by atoms with Gasteiger partial charge in [0.1, 0.15) is 5.75 Å². The first kappa shape index (κ1) is 11.2. The lowest BCUT2D eigenvalue weighted by Gasteiger charge is -2.07. The van der Waals surface area contributed by atoms with E-state index in [9.17, 15) is 0 Å². The molecule has 0 aliphatic rings. The molecule has 0 saturated carbocycles. The van der Waals surface area contributed by atoms with Crippen LogP contribution in [0, 0.1) is 0 Å². The number of halogens is 2. The van der Waals surface area contributed by atoms with Crippen LogP contribution in [0.3, 0.4) is 0 Å². The molecule has 2 aromatic rings. The van der Waals surface area contributed by atoms with Crippen LogP contribution in [-0.4, -0.2) is 22.1 Å². The number of ether oxygens (including phenoxy) is 1. The van der Waals surface area contributed by atoms with E-state index in [4.69, 9.17) is 27.9 Å². The molecule has 0 fully saturated rings. The third-order valence-electron chi connectivity index (χ3n) is 2.14. The van der Waals surface area contributed by atoms with Gasteiger partial charge in [-0.15, -0.1) is 16.7 Å². The lowest BCUT2D eigenvalue weighted by molar-refractivity contribution is 0.414. The fraction of sp³-hybridized carbons (Fsp3) is 0.200. The number of benzene rings is 1. The smallest absolute Gasteiger partial charge is 0.139 e. The molecule has 0 bridgehead atoms. The standard InChI is InChI=1S/C10H9Cl2N3O/c1-16-10-4-7(2-3-9(10)12)15-8(5-11)6-13-14-15/h2-4,6H,5H2,1H3. The molecule has 84 valence electrons. The lowest BCUT2D eigenvalue weighted by atomic mass is 10.3. The topological polar surface area (TPSA) is 39.9 Å². The van der Waals surface area contributed by atoms with Gasteiger partial charge in [-0.05, 0) is 12.1 Å². The Balaban J connectivity index is 2.48. The van der Waals surface area contributed by atoms with Gasteiger partial charge in [0, 0.05) is 6.07 Å². The fourth-order valence-corrected chi connectivity index (χ4v) is 1.72. The zero-order chi connectivity index (χ0) is 11.5. The van der Waals surface area contributed by atoms with Crippen LogP contribution in [0.15, 0.2) is 24.4 Å². The quantitative estimate of drug-likeness (QED) is 0.794. The molecule has 1 heterocycles. The molecule has 0 spiro atoms. The molecule has 1 aromatic heterocycles. The predicted molar refractivity (Wildman–Crippen MR) is 62.5 cm³/mol. The van der Waals surface area contributed by atoms with E-state index in [0.29, 0.717) is 16.7 Å². The second-order valence-corrected chi connectivity index (χ2v) is 3.76. The van der Waals surface area contributed by atoms with Crippen molar-refractivity contribution in [3.05, 3.63) is 35.1 Å². The molecule has 0 aliphatic heterocycles. The Morgan fingerprint density at radius 2 is 2.25 bits per heavy atom. The summed E-state index contributed by atoms with van der Waals surface area (Å²) in [4.78, 5) is 0. The van der Waals surface area contributed by atoms with Gasteiger partial charge in [0.15, 0.2) is 0 Å². The number of hydrogen-bond acceptors (Lipinski definition) is 3. The van der Waals surface area contributed by atoms with Gasteiger partial charge in [-0.2, -0.15) is 0 Å². The Bertz CT molecular complexity index is 499. The molecule has 1 aromatic carbocycles. The van der Waals surface area contributed by atoms with Gasteiger partial charge in [0.25, 0.3) is 0 Å². The monoisotopic (exact) mass is 257 g/mol. The lowest BCUT2D eigenvalue weighted by Crippen LogP contribution is -2.01. The molecule has 6 heteroatoms. The van der Waals surface area contributed by atoms with E-state index < -0.39 is 0 Å². The predicted octanol–water partition coefficient (Wildman–Crippen LogP) is 2.67. The molecular formula is C10H9Cl2N3O. The SMILES string of the molecule is COc1cc(-n2nncc2CCl)ccc1Cl. The van der Waals surface area contributed by atoms with Gasteiger partial charge in [-0.25, -0.2) is 4.68 Å². The number of aromatic nitrogens is 3. The maximum Gasteiger partial charge on any atom is 0.139 e. The Morgan fingerprint density at radius 3 is 2.94 bits per heavy atom. The number of methoxy groups -OCH3 is 1. The number of rotatable bonds is 3. The first-order chi connectivity index (χ1) is 7.76. The van der Waals surface area contributed by atoms with Crippen LogP contribution >= 0.6 is 23.2 Å². The molecule has 0 saturated heterocycles. The van der Waals surface area contributed by atoms with E-state index in [1.165, 1.54) is 0 Å². The summed E-state index contributed by atoms with van der Waals surface area (Å²) in [6, 6.07) is 5.36. The Morgan fingerprint density at radius 1 is 1.44 bits per heavy atom. The average Bonchev–Trinajstić information content (AvgIpc) is 2.78. The minimum absolute atomic E-state index is 0.345. The molecule has 0 unspecified atom stereocenters. The fourth-order valence-electron chi connectivity index (χ4n) is 1.35. The second kappa shape index (κ2) is 4.72. The highest BCUT2D eigenvalue weighted by Gasteiger charge is 2.08. The van der Waals surface area contributed by atoms with E-state index in [2.05, 4.69) is 10.3 Å². The highest BCUT2D eigenvalue weighted by molar-refractivity contribution is 6.32. The normalized spacial score (nSPS) is 10.4. The molecule has 0 radical (unpaired) electrons. The summed E-state index contributed by atoms with van der Waals surface area (Å²) in [7, 11) is 1.56. The van der Waals surface area contributed by atoms with Crippen molar-refractivity contribution in [2.45, 2.75) is 5.88 Å². The minimum Gasteiger partial charge on any atom is -0.495 e. The first-order valence-corrected chi connectivity index (χ1v) is 5.47. The van der Waals surface area contributed by atoms with Crippen LogP contribution in [0.25, 0.3) is 5.69 Å². The van der Waals surface area contributed by atoms with Crippen molar-refractivity contribution in [3.8, 4) is 11.4 Å². The third-order valence-corrected chi connectivity index (χ3v) is 2.72. The van der Waals surface area contributed by atoms with E-state index in [0.717, 1.165) is 11.4 Å². The van der Waals surface area contributed by atoms with Crippen LogP contribution in [-0.2, 0) is 5.88 Å². The number of alkyl halides is 1. The van der Waals surface area contributed by atoms with Crippen LogP contribution in [0.1, 0.15) is 5.69 Å². The highest BCUT2D eigenvalue weighted by atomic mass is 35.5. The van der Waals surface area contributed by atoms with Crippen LogP contribution < -0.4 is 4.74 Å². The highest BCUT2D eigenvalue weighted by Crippen LogP contribution is 2.26. The summed E-state index contributed by atoms with van der Waals surface area (Å²) in [6.45, 7) is 0. The largest absolute Gasteiger partial charge is 0.495 e. The van der Waals surface area contributed by atoms with Gasteiger partial charge < -0.3 is 4.74 Å². The van der Waals surface area contributed by atoms with Crippen LogP contribution in [0.5, 0.6) is 5.75 Å². The van der Waals surface area contributed by atoms with Crippen molar-refractivity contribution in [2.24, 2.45) is 0 Å². The van der Waals surface area contributed by atoms with E-state index >= 15 is 0 Å². The van der Waals surface area contributed by atoms with E-state index in [1.807, 2.05) is 6.07 Å². The van der Waals surface area contributed by atoms with Crippen molar-refractivity contribution in [1.82, 2.24) is 15.0 Å². The summed E-state index contributed by atoms with van der Waals surface area (Å²) in [5, 5.41) is 8.30. The zero-order valence-corrected chi connectivity index (χ0v) is 10.0. The van der Waals surface area contributed by atoms with Crippen molar-refractivity contribution in [2.75, 3.05) is 7.11 Å². The minimum atomic E-state index is 0.345. The first-order valence-electron chi connectivity index (χ1n) is 4.55. The van der Waals surface area contributed by atoms with Gasteiger partial charge in [-0.1, -0.05) is 16.8 Å². The summed E-state index contributed by atoms with van der Waals surface area (Å²) in [5.41, 5.74) is 1.63. The summed E-state index contributed by atoms with van der Waals surface area (Å²) < 4.78 is 6.78. The summed E-state index contributed by atoms with van der Waals surface area (Å²) in [6.07, 6.45) is 1.62. The molecule has 0 atom stereocenters. The maximum atomic E-state index is 5.94. The Hall–Kier alpha value is -1.26. The Kier molecular flexibility index (Phi) is 3.31. The van der Waals surface area contributed by atoms with Crippen molar-refractivity contribution >= 4 is 23.2 Å². The molecule has 4 nitrogen and oxygen atoms in total.